The molecule has 0 fully saturated rings. The van der Waals surface area contributed by atoms with Crippen molar-refractivity contribution in [2.24, 2.45) is 0 Å². The van der Waals surface area contributed by atoms with Gasteiger partial charge in [-0.1, -0.05) is 176 Å². The van der Waals surface area contributed by atoms with E-state index in [0.29, 0.717) is 0 Å². The molecule has 0 aliphatic rings. The zero-order valence-electron chi connectivity index (χ0n) is 34.4. The molecule has 0 bridgehead atoms. The SMILES string of the molecule is c1ccc(-c2cccc(-c3cccc(N(c4cccc(-c5ccccc5)c4)c4ccc(-c5ccccc5-n5c6ccccc6c6ccccc65)c5oc6ccccc6c45)c3)c2)cc1. The Morgan fingerprint density at radius 1 is 0.333 bits per heavy atom. The smallest absolute Gasteiger partial charge is 0.145 e. The number of anilines is 3. The summed E-state index contributed by atoms with van der Waals surface area (Å²) in [5.74, 6) is 0. The van der Waals surface area contributed by atoms with E-state index in [1.165, 1.54) is 38.5 Å². The van der Waals surface area contributed by atoms with Gasteiger partial charge < -0.3 is 13.9 Å². The Labute approximate surface area is 366 Å². The van der Waals surface area contributed by atoms with Crippen molar-refractivity contribution in [3.8, 4) is 50.2 Å². The van der Waals surface area contributed by atoms with Crippen molar-refractivity contribution < 1.29 is 4.42 Å². The number of para-hydroxylation sites is 4. The highest BCUT2D eigenvalue weighted by Gasteiger charge is 2.25. The Morgan fingerprint density at radius 3 is 1.46 bits per heavy atom. The van der Waals surface area contributed by atoms with Crippen molar-refractivity contribution in [2.75, 3.05) is 4.90 Å². The minimum Gasteiger partial charge on any atom is -0.455 e. The standard InChI is InChI=1S/C60H40N2O/c1-3-18-41(19-4-1)43-22-15-23-44(38-43)46-25-17-27-48(40-46)61(47-26-16-24-45(39-47)42-20-5-2-6-21-42)57-37-36-52(60-59(57)53-31-10-14-35-58(53)63-60)51-30-9-13-34-56(51)62-54-32-11-7-28-49(54)50-29-8-12-33-55(50)62/h1-40H. The van der Waals surface area contributed by atoms with Crippen molar-refractivity contribution in [1.82, 2.24) is 4.57 Å². The Balaban J connectivity index is 1.09. The third-order valence-electron chi connectivity index (χ3n) is 12.4. The average Bonchev–Trinajstić information content (AvgIpc) is 3.92. The fourth-order valence-electron chi connectivity index (χ4n) is 9.50. The van der Waals surface area contributed by atoms with Gasteiger partial charge in [-0.15, -0.1) is 0 Å². The second-order valence-corrected chi connectivity index (χ2v) is 16.1. The fourth-order valence-corrected chi connectivity index (χ4v) is 9.50. The molecule has 0 spiro atoms. The van der Waals surface area contributed by atoms with E-state index in [2.05, 4.69) is 252 Å². The molecule has 63 heavy (non-hydrogen) atoms. The van der Waals surface area contributed by atoms with Gasteiger partial charge in [0.15, 0.2) is 0 Å². The van der Waals surface area contributed by atoms with Crippen LogP contribution >= 0.6 is 0 Å². The highest BCUT2D eigenvalue weighted by atomic mass is 16.3. The zero-order valence-corrected chi connectivity index (χ0v) is 34.4. The van der Waals surface area contributed by atoms with Crippen molar-refractivity contribution in [3.05, 3.63) is 243 Å². The molecule has 0 radical (unpaired) electrons. The molecule has 2 aromatic heterocycles. The summed E-state index contributed by atoms with van der Waals surface area (Å²) in [6, 6.07) is 87.0. The van der Waals surface area contributed by atoms with Crippen LogP contribution in [0.2, 0.25) is 0 Å². The Bertz CT molecular complexity index is 3580. The lowest BCUT2D eigenvalue weighted by atomic mass is 9.97. The summed E-state index contributed by atoms with van der Waals surface area (Å²) in [7, 11) is 0. The van der Waals surface area contributed by atoms with Crippen LogP contribution in [0, 0.1) is 0 Å². The number of rotatable bonds is 8. The molecule has 0 atom stereocenters. The van der Waals surface area contributed by atoms with E-state index in [0.717, 1.165) is 72.5 Å². The van der Waals surface area contributed by atoms with Crippen LogP contribution in [-0.2, 0) is 0 Å². The lowest BCUT2D eigenvalue weighted by Gasteiger charge is -2.28. The van der Waals surface area contributed by atoms with E-state index in [-0.39, 0.29) is 0 Å². The summed E-state index contributed by atoms with van der Waals surface area (Å²) in [4.78, 5) is 2.41. The van der Waals surface area contributed by atoms with E-state index in [1.807, 2.05) is 0 Å². The summed E-state index contributed by atoms with van der Waals surface area (Å²) >= 11 is 0. The molecule has 0 aliphatic carbocycles. The molecular formula is C60H40N2O. The van der Waals surface area contributed by atoms with E-state index in [4.69, 9.17) is 4.42 Å². The number of benzene rings is 10. The second kappa shape index (κ2) is 15.3. The van der Waals surface area contributed by atoms with Crippen LogP contribution in [0.4, 0.5) is 17.1 Å². The third-order valence-corrected chi connectivity index (χ3v) is 12.4. The molecule has 12 aromatic rings. The predicted molar refractivity (Wildman–Crippen MR) is 264 cm³/mol. The summed E-state index contributed by atoms with van der Waals surface area (Å²) in [5.41, 5.74) is 17.4. The molecular weight excluding hydrogens is 765 g/mol. The van der Waals surface area contributed by atoms with Gasteiger partial charge in [0.2, 0.25) is 0 Å². The van der Waals surface area contributed by atoms with E-state index in [9.17, 15) is 0 Å². The van der Waals surface area contributed by atoms with Gasteiger partial charge in [-0.2, -0.15) is 0 Å². The number of hydrogen-bond donors (Lipinski definition) is 0. The maximum absolute atomic E-state index is 7.05. The zero-order chi connectivity index (χ0) is 41.7. The summed E-state index contributed by atoms with van der Waals surface area (Å²) in [5, 5.41) is 4.58. The molecule has 0 aliphatic heterocycles. The molecule has 3 heteroatoms. The van der Waals surface area contributed by atoms with Gasteiger partial charge in [0.05, 0.1) is 27.8 Å². The van der Waals surface area contributed by atoms with Crippen LogP contribution in [0.1, 0.15) is 0 Å². The first kappa shape index (κ1) is 36.5. The Hall–Kier alpha value is -8.40. The first-order valence-electron chi connectivity index (χ1n) is 21.5. The Kier molecular flexibility index (Phi) is 8.83. The number of nitrogens with zero attached hydrogens (tertiary/aromatic N) is 2. The first-order chi connectivity index (χ1) is 31.3. The quantitative estimate of drug-likeness (QED) is 0.153. The van der Waals surface area contributed by atoms with Crippen LogP contribution in [0.25, 0.3) is 93.9 Å². The van der Waals surface area contributed by atoms with Crippen LogP contribution in [0.5, 0.6) is 0 Å². The number of hydrogen-bond acceptors (Lipinski definition) is 2. The van der Waals surface area contributed by atoms with E-state index < -0.39 is 0 Å². The second-order valence-electron chi connectivity index (χ2n) is 16.1. The van der Waals surface area contributed by atoms with Gasteiger partial charge in [0.1, 0.15) is 11.2 Å². The topological polar surface area (TPSA) is 21.3 Å². The highest BCUT2D eigenvalue weighted by molar-refractivity contribution is 6.18. The van der Waals surface area contributed by atoms with Gasteiger partial charge in [0.25, 0.3) is 0 Å². The molecule has 12 rings (SSSR count). The van der Waals surface area contributed by atoms with Crippen LogP contribution in [-0.4, -0.2) is 4.57 Å². The monoisotopic (exact) mass is 804 g/mol. The first-order valence-corrected chi connectivity index (χ1v) is 21.5. The highest BCUT2D eigenvalue weighted by Crippen LogP contribution is 2.48. The van der Waals surface area contributed by atoms with Gasteiger partial charge in [0, 0.05) is 38.7 Å². The van der Waals surface area contributed by atoms with Crippen molar-refractivity contribution in [1.29, 1.82) is 0 Å². The molecule has 296 valence electrons. The molecule has 0 saturated heterocycles. The van der Waals surface area contributed by atoms with E-state index >= 15 is 0 Å². The minimum atomic E-state index is 0.845. The molecule has 3 nitrogen and oxygen atoms in total. The van der Waals surface area contributed by atoms with Gasteiger partial charge in [-0.05, 0) is 100 Å². The summed E-state index contributed by atoms with van der Waals surface area (Å²) < 4.78 is 9.46. The van der Waals surface area contributed by atoms with Crippen molar-refractivity contribution in [3.63, 3.8) is 0 Å². The summed E-state index contributed by atoms with van der Waals surface area (Å²) in [6.45, 7) is 0. The van der Waals surface area contributed by atoms with Gasteiger partial charge in [-0.25, -0.2) is 0 Å². The maximum Gasteiger partial charge on any atom is 0.145 e. The molecule has 0 amide bonds. The van der Waals surface area contributed by atoms with Gasteiger partial charge >= 0.3 is 0 Å². The maximum atomic E-state index is 7.05. The van der Waals surface area contributed by atoms with Crippen LogP contribution in [0.3, 0.4) is 0 Å². The Morgan fingerprint density at radius 2 is 0.810 bits per heavy atom. The average molecular weight is 805 g/mol. The normalized spacial score (nSPS) is 11.5. The van der Waals surface area contributed by atoms with Crippen molar-refractivity contribution >= 4 is 60.8 Å². The molecule has 10 aromatic carbocycles. The van der Waals surface area contributed by atoms with Crippen LogP contribution < -0.4 is 4.90 Å². The minimum absolute atomic E-state index is 0.845. The molecule has 0 N–H and O–H groups in total. The van der Waals surface area contributed by atoms with E-state index in [1.54, 1.807) is 0 Å². The van der Waals surface area contributed by atoms with Crippen LogP contribution in [0.15, 0.2) is 247 Å². The third kappa shape index (κ3) is 6.29. The fraction of sp³-hybridized carbons (Fsp3) is 0. The number of aromatic nitrogens is 1. The largest absolute Gasteiger partial charge is 0.455 e. The predicted octanol–water partition coefficient (Wildman–Crippen LogP) is 16.8. The van der Waals surface area contributed by atoms with Gasteiger partial charge in [-0.3, -0.25) is 0 Å². The lowest BCUT2D eigenvalue weighted by molar-refractivity contribution is 0.670. The molecule has 2 heterocycles. The lowest BCUT2D eigenvalue weighted by Crippen LogP contribution is -2.11. The van der Waals surface area contributed by atoms with Crippen molar-refractivity contribution in [2.45, 2.75) is 0 Å². The summed E-state index contributed by atoms with van der Waals surface area (Å²) in [6.07, 6.45) is 0. The molecule has 0 unspecified atom stereocenters. The number of fused-ring (bicyclic) bond motifs is 6. The molecule has 0 saturated carbocycles. The number of furan rings is 1.